The summed E-state index contributed by atoms with van der Waals surface area (Å²) in [5.74, 6) is 0. The third-order valence-electron chi connectivity index (χ3n) is 2.61. The van der Waals surface area contributed by atoms with E-state index in [1.807, 2.05) is 0 Å². The summed E-state index contributed by atoms with van der Waals surface area (Å²) in [6.45, 7) is 6.47. The van der Waals surface area contributed by atoms with Gasteiger partial charge in [-0.1, -0.05) is 32.6 Å². The van der Waals surface area contributed by atoms with Gasteiger partial charge in [-0.15, -0.1) is 0 Å². The number of morpholine rings is 1. The van der Waals surface area contributed by atoms with E-state index < -0.39 is 0 Å². The van der Waals surface area contributed by atoms with Gasteiger partial charge in [0, 0.05) is 13.1 Å². The maximum Gasteiger partial charge on any atom is 0.0703 e. The lowest BCUT2D eigenvalue weighted by atomic mass is 10.1. The number of hydrogen-bond acceptors (Lipinski definition) is 2. The van der Waals surface area contributed by atoms with Crippen molar-refractivity contribution in [3.63, 3.8) is 0 Å². The zero-order chi connectivity index (χ0) is 9.52. The van der Waals surface area contributed by atoms with Crippen LogP contribution in [0.3, 0.4) is 0 Å². The van der Waals surface area contributed by atoms with Gasteiger partial charge in [-0.25, -0.2) is 0 Å². The van der Waals surface area contributed by atoms with Crippen molar-refractivity contribution in [2.75, 3.05) is 13.1 Å². The van der Waals surface area contributed by atoms with Crippen LogP contribution < -0.4 is 5.32 Å². The molecule has 0 aliphatic carbocycles. The molecule has 2 unspecified atom stereocenters. The number of nitrogens with one attached hydrogen (secondary N) is 1. The van der Waals surface area contributed by atoms with Crippen LogP contribution in [0.15, 0.2) is 0 Å². The SMILES string of the molecule is CCCCCCC1CNCC(C)O1. The van der Waals surface area contributed by atoms with Gasteiger partial charge in [-0.2, -0.15) is 0 Å². The second kappa shape index (κ2) is 6.39. The van der Waals surface area contributed by atoms with Crippen molar-refractivity contribution < 1.29 is 4.74 Å². The first-order chi connectivity index (χ1) is 6.33. The van der Waals surface area contributed by atoms with Gasteiger partial charge in [0.2, 0.25) is 0 Å². The minimum absolute atomic E-state index is 0.407. The minimum atomic E-state index is 0.407. The third-order valence-corrected chi connectivity index (χ3v) is 2.61. The molecule has 1 N–H and O–H groups in total. The van der Waals surface area contributed by atoms with Crippen molar-refractivity contribution in [2.24, 2.45) is 0 Å². The summed E-state index contributed by atoms with van der Waals surface area (Å²) >= 11 is 0. The fourth-order valence-corrected chi connectivity index (χ4v) is 1.84. The van der Waals surface area contributed by atoms with Crippen LogP contribution in [0.25, 0.3) is 0 Å². The molecule has 0 radical (unpaired) electrons. The largest absolute Gasteiger partial charge is 0.373 e. The van der Waals surface area contributed by atoms with Gasteiger partial charge < -0.3 is 10.1 Å². The summed E-state index contributed by atoms with van der Waals surface area (Å²) in [6.07, 6.45) is 7.50. The molecule has 0 amide bonds. The van der Waals surface area contributed by atoms with Gasteiger partial charge in [0.25, 0.3) is 0 Å². The number of rotatable bonds is 5. The summed E-state index contributed by atoms with van der Waals surface area (Å²) < 4.78 is 5.80. The Hall–Kier alpha value is -0.0800. The number of unbranched alkanes of at least 4 members (excludes halogenated alkanes) is 3. The van der Waals surface area contributed by atoms with Crippen molar-refractivity contribution in [2.45, 2.75) is 58.2 Å². The molecule has 0 aromatic rings. The van der Waals surface area contributed by atoms with Gasteiger partial charge in [0.15, 0.2) is 0 Å². The molecule has 1 rings (SSSR count). The molecule has 0 bridgehead atoms. The summed E-state index contributed by atoms with van der Waals surface area (Å²) in [6, 6.07) is 0. The van der Waals surface area contributed by atoms with Crippen molar-refractivity contribution in [3.05, 3.63) is 0 Å². The molecule has 78 valence electrons. The lowest BCUT2D eigenvalue weighted by molar-refractivity contribution is -0.0317. The molecule has 0 spiro atoms. The summed E-state index contributed by atoms with van der Waals surface area (Å²) in [4.78, 5) is 0. The normalized spacial score (nSPS) is 29.1. The molecule has 1 saturated heterocycles. The van der Waals surface area contributed by atoms with E-state index in [0.717, 1.165) is 13.1 Å². The molecule has 1 aliphatic heterocycles. The molecule has 2 nitrogen and oxygen atoms in total. The predicted octanol–water partition coefficient (Wildman–Crippen LogP) is 2.33. The molecular formula is C11H23NO. The van der Waals surface area contributed by atoms with Crippen LogP contribution in [0, 0.1) is 0 Å². The maximum absolute atomic E-state index is 5.80. The van der Waals surface area contributed by atoms with Gasteiger partial charge in [-0.05, 0) is 13.3 Å². The molecule has 1 fully saturated rings. The predicted molar refractivity (Wildman–Crippen MR) is 56.0 cm³/mol. The lowest BCUT2D eigenvalue weighted by Crippen LogP contribution is -2.43. The Kier molecular flexibility index (Phi) is 5.40. The third kappa shape index (κ3) is 4.63. The molecule has 0 saturated carbocycles. The molecular weight excluding hydrogens is 162 g/mol. The highest BCUT2D eigenvalue weighted by Gasteiger charge is 2.17. The lowest BCUT2D eigenvalue weighted by Gasteiger charge is -2.28. The molecule has 0 aromatic carbocycles. The van der Waals surface area contributed by atoms with Crippen LogP contribution in [0.2, 0.25) is 0 Å². The molecule has 2 atom stereocenters. The maximum atomic E-state index is 5.80. The molecule has 1 heterocycles. The Bertz CT molecular complexity index is 127. The Morgan fingerprint density at radius 3 is 2.77 bits per heavy atom. The number of hydrogen-bond donors (Lipinski definition) is 1. The van der Waals surface area contributed by atoms with E-state index in [0.29, 0.717) is 12.2 Å². The zero-order valence-electron chi connectivity index (χ0n) is 9.01. The summed E-state index contributed by atoms with van der Waals surface area (Å²) in [7, 11) is 0. The first-order valence-corrected chi connectivity index (χ1v) is 5.69. The minimum Gasteiger partial charge on any atom is -0.373 e. The van der Waals surface area contributed by atoms with Crippen LogP contribution in [0.5, 0.6) is 0 Å². The fraction of sp³-hybridized carbons (Fsp3) is 1.00. The van der Waals surface area contributed by atoms with Crippen LogP contribution in [0.1, 0.15) is 46.0 Å². The van der Waals surface area contributed by atoms with Gasteiger partial charge in [0.1, 0.15) is 0 Å². The monoisotopic (exact) mass is 185 g/mol. The van der Waals surface area contributed by atoms with E-state index in [1.54, 1.807) is 0 Å². The zero-order valence-corrected chi connectivity index (χ0v) is 9.01. The fourth-order valence-electron chi connectivity index (χ4n) is 1.84. The second-order valence-electron chi connectivity index (χ2n) is 4.08. The van der Waals surface area contributed by atoms with E-state index in [4.69, 9.17) is 4.74 Å². The Labute approximate surface area is 82.0 Å². The van der Waals surface area contributed by atoms with E-state index in [9.17, 15) is 0 Å². The van der Waals surface area contributed by atoms with E-state index in [1.165, 1.54) is 32.1 Å². The van der Waals surface area contributed by atoms with Crippen molar-refractivity contribution >= 4 is 0 Å². The Morgan fingerprint density at radius 1 is 1.23 bits per heavy atom. The van der Waals surface area contributed by atoms with Crippen LogP contribution in [-0.4, -0.2) is 25.3 Å². The topological polar surface area (TPSA) is 21.3 Å². The van der Waals surface area contributed by atoms with Crippen LogP contribution in [0.4, 0.5) is 0 Å². The molecule has 1 aliphatic rings. The van der Waals surface area contributed by atoms with Crippen LogP contribution >= 0.6 is 0 Å². The quantitative estimate of drug-likeness (QED) is 0.664. The van der Waals surface area contributed by atoms with E-state index in [2.05, 4.69) is 19.2 Å². The average molecular weight is 185 g/mol. The summed E-state index contributed by atoms with van der Waals surface area (Å²) in [5.41, 5.74) is 0. The first kappa shape index (κ1) is 11.0. The Balaban J connectivity index is 2.00. The van der Waals surface area contributed by atoms with Crippen molar-refractivity contribution in [1.29, 1.82) is 0 Å². The second-order valence-corrected chi connectivity index (χ2v) is 4.08. The van der Waals surface area contributed by atoms with E-state index in [-0.39, 0.29) is 0 Å². The molecule has 0 aromatic heterocycles. The molecule has 13 heavy (non-hydrogen) atoms. The van der Waals surface area contributed by atoms with Gasteiger partial charge >= 0.3 is 0 Å². The first-order valence-electron chi connectivity index (χ1n) is 5.69. The Morgan fingerprint density at radius 2 is 2.08 bits per heavy atom. The highest BCUT2D eigenvalue weighted by atomic mass is 16.5. The molecule has 2 heteroatoms. The van der Waals surface area contributed by atoms with Crippen molar-refractivity contribution in [1.82, 2.24) is 5.32 Å². The summed E-state index contributed by atoms with van der Waals surface area (Å²) in [5, 5.41) is 3.40. The number of ether oxygens (including phenoxy) is 1. The highest BCUT2D eigenvalue weighted by molar-refractivity contribution is 4.71. The standard InChI is InChI=1S/C11H23NO/c1-3-4-5-6-7-11-9-12-8-10(2)13-11/h10-12H,3-9H2,1-2H3. The van der Waals surface area contributed by atoms with E-state index >= 15 is 0 Å². The van der Waals surface area contributed by atoms with Gasteiger partial charge in [-0.3, -0.25) is 0 Å². The van der Waals surface area contributed by atoms with Crippen LogP contribution in [-0.2, 0) is 4.74 Å². The van der Waals surface area contributed by atoms with Gasteiger partial charge in [0.05, 0.1) is 12.2 Å². The smallest absolute Gasteiger partial charge is 0.0703 e. The average Bonchev–Trinajstić information content (AvgIpc) is 2.13. The van der Waals surface area contributed by atoms with Crippen molar-refractivity contribution in [3.8, 4) is 0 Å². The highest BCUT2D eigenvalue weighted by Crippen LogP contribution is 2.11.